The maximum Gasteiger partial charge on any atom is 0.339 e. The Morgan fingerprint density at radius 1 is 0.974 bits per heavy atom. The number of rotatable bonds is 8. The summed E-state index contributed by atoms with van der Waals surface area (Å²) in [7, 11) is 3.15. The van der Waals surface area contributed by atoms with Crippen LogP contribution in [0.2, 0.25) is 5.02 Å². The van der Waals surface area contributed by atoms with Gasteiger partial charge in [-0.05, 0) is 66.1 Å². The molecule has 1 unspecified atom stereocenters. The highest BCUT2D eigenvalue weighted by atomic mass is 35.5. The summed E-state index contributed by atoms with van der Waals surface area (Å²) in [5.41, 5.74) is 1.81. The molecular formula is C29H26ClNO7. The number of amides is 1. The van der Waals surface area contributed by atoms with E-state index in [1.165, 1.54) is 6.07 Å². The first-order valence-electron chi connectivity index (χ1n) is 12.0. The first-order chi connectivity index (χ1) is 18.5. The average molecular weight is 536 g/mol. The molecule has 2 heterocycles. The predicted octanol–water partition coefficient (Wildman–Crippen LogP) is 5.05. The van der Waals surface area contributed by atoms with Crippen LogP contribution in [0.4, 0.5) is 0 Å². The Kier molecular flexibility index (Phi) is 7.42. The molecular weight excluding hydrogens is 510 g/mol. The van der Waals surface area contributed by atoms with Crippen molar-refractivity contribution in [2.45, 2.75) is 12.5 Å². The minimum Gasteiger partial charge on any atom is -0.493 e. The zero-order valence-corrected chi connectivity index (χ0v) is 21.7. The van der Waals surface area contributed by atoms with Crippen molar-refractivity contribution in [3.8, 4) is 23.0 Å². The van der Waals surface area contributed by atoms with Crippen molar-refractivity contribution in [3.05, 3.63) is 93.3 Å². The SMILES string of the molecule is COc1cc2c(cc1OC)C(COc1cc(=O)oc3ccccc13)N(C(=O)COc1ccc(Cl)cc1)CC2. The van der Waals surface area contributed by atoms with E-state index in [1.807, 2.05) is 24.3 Å². The van der Waals surface area contributed by atoms with E-state index < -0.39 is 11.7 Å². The second kappa shape index (κ2) is 11.1. The molecule has 0 bridgehead atoms. The van der Waals surface area contributed by atoms with Gasteiger partial charge in [0.05, 0.1) is 31.7 Å². The molecule has 1 aromatic heterocycles. The molecule has 5 rings (SSSR count). The van der Waals surface area contributed by atoms with E-state index >= 15 is 0 Å². The Hall–Kier alpha value is -4.17. The molecule has 9 heteroatoms. The summed E-state index contributed by atoms with van der Waals surface area (Å²) in [6.45, 7) is 0.401. The van der Waals surface area contributed by atoms with Gasteiger partial charge in [-0.15, -0.1) is 0 Å². The quantitative estimate of drug-likeness (QED) is 0.292. The number of ether oxygens (including phenoxy) is 4. The third kappa shape index (κ3) is 5.26. The van der Waals surface area contributed by atoms with Gasteiger partial charge in [-0.1, -0.05) is 23.7 Å². The van der Waals surface area contributed by atoms with Crippen molar-refractivity contribution >= 4 is 28.5 Å². The van der Waals surface area contributed by atoms with E-state index in [4.69, 9.17) is 35.0 Å². The summed E-state index contributed by atoms with van der Waals surface area (Å²) in [4.78, 5) is 27.3. The highest BCUT2D eigenvalue weighted by Gasteiger charge is 2.33. The second-order valence-electron chi connectivity index (χ2n) is 8.74. The van der Waals surface area contributed by atoms with Gasteiger partial charge < -0.3 is 28.3 Å². The first kappa shape index (κ1) is 25.5. The third-order valence-corrected chi connectivity index (χ3v) is 6.76. The van der Waals surface area contributed by atoms with Crippen LogP contribution in [0, 0.1) is 0 Å². The van der Waals surface area contributed by atoms with Gasteiger partial charge in [-0.3, -0.25) is 4.79 Å². The largest absolute Gasteiger partial charge is 0.493 e. The standard InChI is InChI=1S/C29H26ClNO7/c1-34-26-13-18-11-12-31(28(32)17-36-20-9-7-19(30)8-10-20)23(22(18)14-27(26)35-2)16-37-25-15-29(33)38-24-6-4-3-5-21(24)25/h3-10,13-15,23H,11-12,16-17H2,1-2H3. The molecule has 0 spiro atoms. The normalized spacial score (nSPS) is 14.6. The van der Waals surface area contributed by atoms with Crippen molar-refractivity contribution in [3.63, 3.8) is 0 Å². The molecule has 0 saturated heterocycles. The van der Waals surface area contributed by atoms with Gasteiger partial charge in [-0.25, -0.2) is 4.79 Å². The fourth-order valence-corrected chi connectivity index (χ4v) is 4.76. The molecule has 1 aliphatic rings. The average Bonchev–Trinajstić information content (AvgIpc) is 2.94. The number of halogens is 1. The van der Waals surface area contributed by atoms with Gasteiger partial charge in [0.25, 0.3) is 5.91 Å². The molecule has 38 heavy (non-hydrogen) atoms. The predicted molar refractivity (Wildman–Crippen MR) is 143 cm³/mol. The van der Waals surface area contributed by atoms with Crippen LogP contribution in [-0.2, 0) is 11.2 Å². The number of para-hydroxylation sites is 1. The number of hydrogen-bond donors (Lipinski definition) is 0. The van der Waals surface area contributed by atoms with Gasteiger partial charge >= 0.3 is 5.63 Å². The monoisotopic (exact) mass is 535 g/mol. The lowest BCUT2D eigenvalue weighted by molar-refractivity contribution is -0.137. The minimum absolute atomic E-state index is 0.0998. The van der Waals surface area contributed by atoms with Crippen LogP contribution in [-0.4, -0.2) is 44.8 Å². The zero-order valence-electron chi connectivity index (χ0n) is 20.9. The topological polar surface area (TPSA) is 87.4 Å². The van der Waals surface area contributed by atoms with Gasteiger partial charge in [0.15, 0.2) is 18.1 Å². The molecule has 196 valence electrons. The van der Waals surface area contributed by atoms with Crippen molar-refractivity contribution in [2.75, 3.05) is 34.0 Å². The number of hydrogen-bond acceptors (Lipinski definition) is 7. The second-order valence-corrected chi connectivity index (χ2v) is 9.17. The molecule has 0 N–H and O–H groups in total. The Bertz CT molecular complexity index is 1520. The smallest absolute Gasteiger partial charge is 0.339 e. The molecule has 0 fully saturated rings. The maximum atomic E-state index is 13.4. The number of carbonyl (C=O) groups is 1. The first-order valence-corrected chi connectivity index (χ1v) is 12.4. The van der Waals surface area contributed by atoms with E-state index in [1.54, 1.807) is 55.5 Å². The minimum atomic E-state index is -0.515. The molecule has 0 radical (unpaired) electrons. The Morgan fingerprint density at radius 3 is 2.47 bits per heavy atom. The summed E-state index contributed by atoms with van der Waals surface area (Å²) in [5, 5.41) is 1.25. The Labute approximate surface area is 224 Å². The molecule has 0 saturated carbocycles. The molecule has 1 amide bonds. The Morgan fingerprint density at radius 2 is 1.71 bits per heavy atom. The van der Waals surface area contributed by atoms with Crippen LogP contribution in [0.15, 0.2) is 75.9 Å². The van der Waals surface area contributed by atoms with E-state index in [2.05, 4.69) is 0 Å². The molecule has 0 aliphatic carbocycles. The highest BCUT2D eigenvalue weighted by Crippen LogP contribution is 2.39. The summed E-state index contributed by atoms with van der Waals surface area (Å²) in [6, 6.07) is 18.6. The van der Waals surface area contributed by atoms with Gasteiger partial charge in [0.1, 0.15) is 23.7 Å². The number of fused-ring (bicyclic) bond motifs is 2. The van der Waals surface area contributed by atoms with Crippen molar-refractivity contribution in [2.24, 2.45) is 0 Å². The lowest BCUT2D eigenvalue weighted by Crippen LogP contribution is -2.44. The lowest BCUT2D eigenvalue weighted by atomic mass is 9.92. The van der Waals surface area contributed by atoms with E-state index in [0.29, 0.717) is 52.0 Å². The molecule has 8 nitrogen and oxygen atoms in total. The molecule has 1 atom stereocenters. The number of nitrogens with zero attached hydrogens (tertiary/aromatic N) is 1. The number of carbonyl (C=O) groups excluding carboxylic acids is 1. The van der Waals surface area contributed by atoms with Crippen LogP contribution in [0.5, 0.6) is 23.0 Å². The molecule has 1 aliphatic heterocycles. The summed E-state index contributed by atoms with van der Waals surface area (Å²) in [6.07, 6.45) is 0.622. The van der Waals surface area contributed by atoms with Gasteiger partial charge in [0, 0.05) is 11.6 Å². The van der Waals surface area contributed by atoms with E-state index in [9.17, 15) is 9.59 Å². The fraction of sp³-hybridized carbons (Fsp3) is 0.241. The maximum absolute atomic E-state index is 13.4. The van der Waals surface area contributed by atoms with Crippen LogP contribution in [0.25, 0.3) is 11.0 Å². The molecule has 3 aromatic carbocycles. The van der Waals surface area contributed by atoms with Crippen molar-refractivity contribution in [1.82, 2.24) is 4.90 Å². The van der Waals surface area contributed by atoms with Crippen LogP contribution >= 0.6 is 11.6 Å². The van der Waals surface area contributed by atoms with Crippen LogP contribution in [0.1, 0.15) is 17.2 Å². The van der Waals surface area contributed by atoms with Gasteiger partial charge in [-0.2, -0.15) is 0 Å². The van der Waals surface area contributed by atoms with Gasteiger partial charge in [0.2, 0.25) is 0 Å². The van der Waals surface area contributed by atoms with Crippen LogP contribution in [0.3, 0.4) is 0 Å². The van der Waals surface area contributed by atoms with Crippen LogP contribution < -0.4 is 24.6 Å². The van der Waals surface area contributed by atoms with E-state index in [-0.39, 0.29) is 19.1 Å². The van der Waals surface area contributed by atoms with Crippen molar-refractivity contribution < 1.29 is 28.2 Å². The van der Waals surface area contributed by atoms with E-state index in [0.717, 1.165) is 11.1 Å². The van der Waals surface area contributed by atoms with Crippen molar-refractivity contribution in [1.29, 1.82) is 0 Å². The summed E-state index contributed by atoms with van der Waals surface area (Å²) >= 11 is 5.95. The zero-order chi connectivity index (χ0) is 26.6. The third-order valence-electron chi connectivity index (χ3n) is 6.51. The fourth-order valence-electron chi connectivity index (χ4n) is 4.64. The highest BCUT2D eigenvalue weighted by molar-refractivity contribution is 6.30. The molecule has 4 aromatic rings. The number of benzene rings is 3. The summed E-state index contributed by atoms with van der Waals surface area (Å²) < 4.78 is 28.3. The number of methoxy groups -OCH3 is 2. The Balaban J connectivity index is 1.45. The summed E-state index contributed by atoms with van der Waals surface area (Å²) in [5.74, 6) is 1.89. The lowest BCUT2D eigenvalue weighted by Gasteiger charge is -2.37.